The highest BCUT2D eigenvalue weighted by Crippen LogP contribution is 2.36. The first-order chi connectivity index (χ1) is 11.7. The lowest BCUT2D eigenvalue weighted by atomic mass is 10.1. The molecule has 1 unspecified atom stereocenters. The molecule has 3 amide bonds. The van der Waals surface area contributed by atoms with E-state index in [4.69, 9.17) is 17.3 Å². The fourth-order valence-electron chi connectivity index (χ4n) is 2.10. The number of hydrogen-bond donors (Lipinski definition) is 3. The van der Waals surface area contributed by atoms with Crippen molar-refractivity contribution in [3.63, 3.8) is 0 Å². The van der Waals surface area contributed by atoms with E-state index in [0.29, 0.717) is 4.88 Å². The van der Waals surface area contributed by atoms with E-state index in [1.54, 1.807) is 17.5 Å². The number of urea groups is 1. The Morgan fingerprint density at radius 2 is 2.00 bits per heavy atom. The molecular weight excluding hydrogens is 379 g/mol. The molecule has 1 aromatic carbocycles. The maximum Gasteiger partial charge on any atom is 0.417 e. The number of primary amides is 1. The SMILES string of the molecule is NC(=O)NC(CC(=O)Nc1ccc(Cl)c(C(F)(F)F)c1)c1cccs1. The Balaban J connectivity index is 2.12. The smallest absolute Gasteiger partial charge is 0.352 e. The number of alkyl halides is 3. The number of amides is 3. The topological polar surface area (TPSA) is 84.2 Å². The number of anilines is 1. The highest BCUT2D eigenvalue weighted by atomic mass is 35.5. The van der Waals surface area contributed by atoms with Gasteiger partial charge in [0, 0.05) is 10.6 Å². The molecule has 0 aliphatic rings. The molecule has 0 bridgehead atoms. The van der Waals surface area contributed by atoms with Crippen molar-refractivity contribution in [2.75, 3.05) is 5.32 Å². The van der Waals surface area contributed by atoms with Gasteiger partial charge in [-0.1, -0.05) is 17.7 Å². The predicted octanol–water partition coefficient (Wildman–Crippen LogP) is 4.16. The van der Waals surface area contributed by atoms with E-state index in [1.165, 1.54) is 17.4 Å². The van der Waals surface area contributed by atoms with Gasteiger partial charge in [0.1, 0.15) is 0 Å². The summed E-state index contributed by atoms with van der Waals surface area (Å²) in [6.45, 7) is 0. The summed E-state index contributed by atoms with van der Waals surface area (Å²) in [5, 5.41) is 6.09. The summed E-state index contributed by atoms with van der Waals surface area (Å²) in [4.78, 5) is 23.9. The maximum atomic E-state index is 12.8. The van der Waals surface area contributed by atoms with Gasteiger partial charge in [-0.05, 0) is 29.6 Å². The van der Waals surface area contributed by atoms with Crippen LogP contribution in [0.2, 0.25) is 5.02 Å². The van der Waals surface area contributed by atoms with Crippen LogP contribution >= 0.6 is 22.9 Å². The van der Waals surface area contributed by atoms with Crippen LogP contribution < -0.4 is 16.4 Å². The fraction of sp³-hybridized carbons (Fsp3) is 0.200. The zero-order chi connectivity index (χ0) is 18.6. The van der Waals surface area contributed by atoms with Gasteiger partial charge in [-0.15, -0.1) is 11.3 Å². The van der Waals surface area contributed by atoms with Crippen LogP contribution in [-0.4, -0.2) is 11.9 Å². The number of nitrogens with two attached hydrogens (primary N) is 1. The molecule has 0 saturated heterocycles. The second-order valence-corrected chi connectivity index (χ2v) is 6.41. The Kier molecular flexibility index (Phi) is 5.91. The minimum absolute atomic E-state index is 0.0503. The van der Waals surface area contributed by atoms with Gasteiger partial charge in [0.2, 0.25) is 5.91 Å². The van der Waals surface area contributed by atoms with Crippen LogP contribution in [-0.2, 0) is 11.0 Å². The Morgan fingerprint density at radius 1 is 1.28 bits per heavy atom. The number of rotatable bonds is 5. The second-order valence-electron chi connectivity index (χ2n) is 5.02. The summed E-state index contributed by atoms with van der Waals surface area (Å²) in [7, 11) is 0. The van der Waals surface area contributed by atoms with Crippen LogP contribution in [0.4, 0.5) is 23.7 Å². The van der Waals surface area contributed by atoms with Crippen molar-refractivity contribution in [3.05, 3.63) is 51.2 Å². The largest absolute Gasteiger partial charge is 0.417 e. The Bertz CT molecular complexity index is 766. The van der Waals surface area contributed by atoms with E-state index in [9.17, 15) is 22.8 Å². The summed E-state index contributed by atoms with van der Waals surface area (Å²) in [6.07, 6.45) is -4.82. The zero-order valence-corrected chi connectivity index (χ0v) is 14.1. The monoisotopic (exact) mass is 391 g/mol. The molecule has 0 spiro atoms. The summed E-state index contributed by atoms with van der Waals surface area (Å²) in [5.41, 5.74) is 4.00. The standard InChI is InChI=1S/C15H13ClF3N3O2S/c16-10-4-3-8(6-9(10)15(17,18)19)21-13(23)7-11(22-14(20)24)12-2-1-5-25-12/h1-6,11H,7H2,(H,21,23)(H3,20,22,24). The molecule has 10 heteroatoms. The van der Waals surface area contributed by atoms with Gasteiger partial charge in [0.15, 0.2) is 0 Å². The second kappa shape index (κ2) is 7.75. The Hall–Kier alpha value is -2.26. The van der Waals surface area contributed by atoms with Crippen molar-refractivity contribution >= 4 is 40.6 Å². The van der Waals surface area contributed by atoms with E-state index in [2.05, 4.69) is 10.6 Å². The molecule has 1 aromatic heterocycles. The lowest BCUT2D eigenvalue weighted by Gasteiger charge is -2.16. The predicted molar refractivity (Wildman–Crippen MR) is 89.5 cm³/mol. The van der Waals surface area contributed by atoms with Crippen molar-refractivity contribution in [2.24, 2.45) is 5.73 Å². The average Bonchev–Trinajstić information content (AvgIpc) is 3.01. The summed E-state index contributed by atoms with van der Waals surface area (Å²) < 4.78 is 38.5. The van der Waals surface area contributed by atoms with Crippen molar-refractivity contribution in [1.29, 1.82) is 0 Å². The number of benzene rings is 1. The van der Waals surface area contributed by atoms with Crippen LogP contribution in [0.3, 0.4) is 0 Å². The first-order valence-electron chi connectivity index (χ1n) is 6.93. The number of halogens is 4. The number of nitrogens with one attached hydrogen (secondary N) is 2. The van der Waals surface area contributed by atoms with E-state index >= 15 is 0 Å². The molecule has 134 valence electrons. The molecule has 0 saturated carbocycles. The van der Waals surface area contributed by atoms with E-state index in [1.807, 2.05) is 0 Å². The van der Waals surface area contributed by atoms with Crippen molar-refractivity contribution in [3.8, 4) is 0 Å². The third kappa shape index (κ3) is 5.36. The molecule has 2 rings (SSSR count). The van der Waals surface area contributed by atoms with Crippen LogP contribution in [0.1, 0.15) is 22.9 Å². The van der Waals surface area contributed by atoms with Gasteiger partial charge in [0.25, 0.3) is 0 Å². The van der Waals surface area contributed by atoms with Crippen LogP contribution in [0, 0.1) is 0 Å². The maximum absolute atomic E-state index is 12.8. The highest BCUT2D eigenvalue weighted by Gasteiger charge is 2.33. The van der Waals surface area contributed by atoms with E-state index < -0.39 is 34.7 Å². The van der Waals surface area contributed by atoms with Gasteiger partial charge in [-0.2, -0.15) is 13.2 Å². The quantitative estimate of drug-likeness (QED) is 0.715. The Morgan fingerprint density at radius 3 is 2.56 bits per heavy atom. The van der Waals surface area contributed by atoms with Gasteiger partial charge in [0.05, 0.1) is 23.0 Å². The molecule has 5 nitrogen and oxygen atoms in total. The molecule has 25 heavy (non-hydrogen) atoms. The van der Waals surface area contributed by atoms with Crippen LogP contribution in [0.5, 0.6) is 0 Å². The van der Waals surface area contributed by atoms with Gasteiger partial charge in [-0.25, -0.2) is 4.79 Å². The Labute approximate surface area is 150 Å². The number of carbonyl (C=O) groups is 2. The lowest BCUT2D eigenvalue weighted by Crippen LogP contribution is -2.34. The molecule has 0 radical (unpaired) electrons. The molecule has 0 fully saturated rings. The number of thiophene rings is 1. The first kappa shape index (κ1) is 19.1. The third-order valence-electron chi connectivity index (χ3n) is 3.15. The highest BCUT2D eigenvalue weighted by molar-refractivity contribution is 7.10. The minimum atomic E-state index is -4.63. The molecule has 0 aliphatic carbocycles. The molecule has 1 heterocycles. The van der Waals surface area contributed by atoms with Crippen LogP contribution in [0.15, 0.2) is 35.7 Å². The van der Waals surface area contributed by atoms with Crippen molar-refractivity contribution in [2.45, 2.75) is 18.6 Å². The number of carbonyl (C=O) groups excluding carboxylic acids is 2. The van der Waals surface area contributed by atoms with Gasteiger partial charge >= 0.3 is 12.2 Å². The molecule has 4 N–H and O–H groups in total. The average molecular weight is 392 g/mol. The van der Waals surface area contributed by atoms with Crippen molar-refractivity contribution in [1.82, 2.24) is 5.32 Å². The normalized spacial score (nSPS) is 12.5. The lowest BCUT2D eigenvalue weighted by molar-refractivity contribution is -0.137. The van der Waals surface area contributed by atoms with Crippen LogP contribution in [0.25, 0.3) is 0 Å². The van der Waals surface area contributed by atoms with Gasteiger partial charge in [-0.3, -0.25) is 4.79 Å². The first-order valence-corrected chi connectivity index (χ1v) is 8.18. The molecule has 0 aliphatic heterocycles. The summed E-state index contributed by atoms with van der Waals surface area (Å²) in [5.74, 6) is -0.581. The zero-order valence-electron chi connectivity index (χ0n) is 12.6. The molecule has 2 aromatic rings. The molecular formula is C15H13ClF3N3O2S. The minimum Gasteiger partial charge on any atom is -0.352 e. The van der Waals surface area contributed by atoms with E-state index in [-0.39, 0.29) is 12.1 Å². The summed E-state index contributed by atoms with van der Waals surface area (Å²) >= 11 is 6.85. The number of hydrogen-bond acceptors (Lipinski definition) is 3. The third-order valence-corrected chi connectivity index (χ3v) is 4.46. The fourth-order valence-corrected chi connectivity index (χ4v) is 3.10. The summed E-state index contributed by atoms with van der Waals surface area (Å²) in [6, 6.07) is 5.03. The van der Waals surface area contributed by atoms with Crippen molar-refractivity contribution < 1.29 is 22.8 Å². The molecule has 1 atom stereocenters. The van der Waals surface area contributed by atoms with E-state index in [0.717, 1.165) is 12.1 Å². The van der Waals surface area contributed by atoms with Gasteiger partial charge < -0.3 is 16.4 Å².